The van der Waals surface area contributed by atoms with Crippen LogP contribution in [0.15, 0.2) is 12.2 Å². The van der Waals surface area contributed by atoms with Crippen LogP contribution in [0.2, 0.25) is 0 Å². The molecule has 0 bridgehead atoms. The predicted octanol–water partition coefficient (Wildman–Crippen LogP) is 3.61. The van der Waals surface area contributed by atoms with Crippen LogP contribution < -0.4 is 5.32 Å². The molecule has 3 unspecified atom stereocenters. The first-order chi connectivity index (χ1) is 8.33. The van der Waals surface area contributed by atoms with Gasteiger partial charge in [-0.3, -0.25) is 0 Å². The molecule has 0 amide bonds. The van der Waals surface area contributed by atoms with E-state index in [1.54, 1.807) is 0 Å². The molecule has 1 N–H and O–H groups in total. The lowest BCUT2D eigenvalue weighted by Crippen LogP contribution is -2.52. The van der Waals surface area contributed by atoms with E-state index >= 15 is 0 Å². The van der Waals surface area contributed by atoms with Gasteiger partial charge in [0.2, 0.25) is 0 Å². The van der Waals surface area contributed by atoms with Gasteiger partial charge in [-0.15, -0.1) is 0 Å². The van der Waals surface area contributed by atoms with Crippen LogP contribution in [0, 0.1) is 11.8 Å². The van der Waals surface area contributed by atoms with Gasteiger partial charge in [0, 0.05) is 17.3 Å². The summed E-state index contributed by atoms with van der Waals surface area (Å²) < 4.78 is 0.561. The molecule has 0 aromatic rings. The van der Waals surface area contributed by atoms with Gasteiger partial charge in [0.15, 0.2) is 0 Å². The van der Waals surface area contributed by atoms with E-state index in [-0.39, 0.29) is 0 Å². The maximum Gasteiger partial charge on any atom is 0.0281 e. The quantitative estimate of drug-likeness (QED) is 0.766. The highest BCUT2D eigenvalue weighted by molar-refractivity contribution is 8.00. The zero-order chi connectivity index (χ0) is 11.7. The molecule has 3 rings (SSSR count). The van der Waals surface area contributed by atoms with E-state index in [9.17, 15) is 0 Å². The van der Waals surface area contributed by atoms with E-state index in [4.69, 9.17) is 0 Å². The fourth-order valence-electron chi connectivity index (χ4n) is 3.91. The Balaban J connectivity index is 1.51. The van der Waals surface area contributed by atoms with Crippen molar-refractivity contribution in [3.63, 3.8) is 0 Å². The van der Waals surface area contributed by atoms with Crippen molar-refractivity contribution in [2.45, 2.75) is 55.7 Å². The van der Waals surface area contributed by atoms with Crippen LogP contribution in [0.1, 0.15) is 44.9 Å². The van der Waals surface area contributed by atoms with E-state index in [1.165, 1.54) is 51.5 Å². The zero-order valence-electron chi connectivity index (χ0n) is 11.0. The SMILES string of the molecule is CSC1(CNC2CC3CC=CC32)CCCCC1. The van der Waals surface area contributed by atoms with Crippen molar-refractivity contribution in [2.24, 2.45) is 11.8 Å². The average Bonchev–Trinajstić information content (AvgIpc) is 2.72. The van der Waals surface area contributed by atoms with Gasteiger partial charge in [0.25, 0.3) is 0 Å². The standard InChI is InChI=1S/C15H25NS/c1-17-15(8-3-2-4-9-15)11-16-14-10-12-6-5-7-13(12)14/h5,7,12-14,16H,2-4,6,8-11H2,1H3. The van der Waals surface area contributed by atoms with Crippen LogP contribution in [0.3, 0.4) is 0 Å². The van der Waals surface area contributed by atoms with E-state index < -0.39 is 0 Å². The summed E-state index contributed by atoms with van der Waals surface area (Å²) in [5.74, 6) is 1.86. The smallest absolute Gasteiger partial charge is 0.0281 e. The molecule has 0 aromatic carbocycles. The van der Waals surface area contributed by atoms with Crippen molar-refractivity contribution in [1.82, 2.24) is 5.32 Å². The lowest BCUT2D eigenvalue weighted by Gasteiger charge is -2.44. The first kappa shape index (κ1) is 12.1. The lowest BCUT2D eigenvalue weighted by atomic mass is 9.71. The molecule has 17 heavy (non-hydrogen) atoms. The van der Waals surface area contributed by atoms with Crippen LogP contribution in [0.25, 0.3) is 0 Å². The first-order valence-electron chi connectivity index (χ1n) is 7.28. The summed E-state index contributed by atoms with van der Waals surface area (Å²) >= 11 is 2.11. The summed E-state index contributed by atoms with van der Waals surface area (Å²) in [6, 6.07) is 0.796. The van der Waals surface area contributed by atoms with E-state index in [2.05, 4.69) is 35.5 Å². The van der Waals surface area contributed by atoms with Crippen molar-refractivity contribution in [3.05, 3.63) is 12.2 Å². The number of fused-ring (bicyclic) bond motifs is 1. The number of hydrogen-bond donors (Lipinski definition) is 1. The minimum Gasteiger partial charge on any atom is -0.312 e. The summed E-state index contributed by atoms with van der Waals surface area (Å²) in [7, 11) is 0. The number of thioether (sulfide) groups is 1. The average molecular weight is 251 g/mol. The van der Waals surface area contributed by atoms with Gasteiger partial charge >= 0.3 is 0 Å². The van der Waals surface area contributed by atoms with Crippen molar-refractivity contribution in [3.8, 4) is 0 Å². The molecule has 0 heterocycles. The van der Waals surface area contributed by atoms with Gasteiger partial charge in [-0.05, 0) is 43.8 Å². The number of rotatable bonds is 4. The van der Waals surface area contributed by atoms with Gasteiger partial charge in [-0.25, -0.2) is 0 Å². The summed E-state index contributed by atoms with van der Waals surface area (Å²) in [5, 5.41) is 3.88. The molecule has 2 heteroatoms. The van der Waals surface area contributed by atoms with Crippen LogP contribution in [0.4, 0.5) is 0 Å². The molecule has 0 aliphatic heterocycles. The van der Waals surface area contributed by atoms with Crippen LogP contribution in [-0.2, 0) is 0 Å². The van der Waals surface area contributed by atoms with E-state index in [0.717, 1.165) is 17.9 Å². The maximum absolute atomic E-state index is 3.88. The van der Waals surface area contributed by atoms with Gasteiger partial charge in [0.1, 0.15) is 0 Å². The molecular formula is C15H25NS. The Bertz CT molecular complexity index is 293. The summed E-state index contributed by atoms with van der Waals surface area (Å²) in [5.41, 5.74) is 0. The van der Waals surface area contributed by atoms with Gasteiger partial charge in [-0.1, -0.05) is 31.4 Å². The third-order valence-electron chi connectivity index (χ3n) is 5.25. The Morgan fingerprint density at radius 2 is 2.12 bits per heavy atom. The second-order valence-electron chi connectivity index (χ2n) is 6.17. The number of allylic oxidation sites excluding steroid dienone is 1. The molecular weight excluding hydrogens is 226 g/mol. The van der Waals surface area contributed by atoms with Gasteiger partial charge in [0.05, 0.1) is 0 Å². The second-order valence-corrected chi connectivity index (χ2v) is 7.45. The number of nitrogens with one attached hydrogen (secondary N) is 1. The molecule has 0 aromatic heterocycles. The minimum absolute atomic E-state index is 0.561. The predicted molar refractivity (Wildman–Crippen MR) is 76.5 cm³/mol. The highest BCUT2D eigenvalue weighted by atomic mass is 32.2. The van der Waals surface area contributed by atoms with E-state index in [0.29, 0.717) is 4.75 Å². The molecule has 2 fully saturated rings. The van der Waals surface area contributed by atoms with Crippen molar-refractivity contribution in [1.29, 1.82) is 0 Å². The molecule has 0 saturated heterocycles. The summed E-state index contributed by atoms with van der Waals surface area (Å²) in [4.78, 5) is 0. The largest absolute Gasteiger partial charge is 0.312 e. The Hall–Kier alpha value is 0.0500. The van der Waals surface area contributed by atoms with Gasteiger partial charge in [-0.2, -0.15) is 11.8 Å². The molecule has 3 aliphatic carbocycles. The topological polar surface area (TPSA) is 12.0 Å². The maximum atomic E-state index is 3.88. The van der Waals surface area contributed by atoms with Crippen molar-refractivity contribution in [2.75, 3.05) is 12.8 Å². The highest BCUT2D eigenvalue weighted by Gasteiger charge is 2.42. The molecule has 0 spiro atoms. The molecule has 96 valence electrons. The summed E-state index contributed by atoms with van der Waals surface area (Å²) in [6.45, 7) is 1.25. The van der Waals surface area contributed by atoms with Crippen LogP contribution >= 0.6 is 11.8 Å². The molecule has 3 aliphatic rings. The van der Waals surface area contributed by atoms with Crippen LogP contribution in [-0.4, -0.2) is 23.6 Å². The molecule has 3 atom stereocenters. The van der Waals surface area contributed by atoms with Crippen molar-refractivity contribution >= 4 is 11.8 Å². The Morgan fingerprint density at radius 1 is 1.29 bits per heavy atom. The third kappa shape index (κ3) is 2.31. The Kier molecular flexibility index (Phi) is 3.54. The molecule has 2 saturated carbocycles. The monoisotopic (exact) mass is 251 g/mol. The Morgan fingerprint density at radius 3 is 2.82 bits per heavy atom. The van der Waals surface area contributed by atoms with E-state index in [1.807, 2.05) is 0 Å². The lowest BCUT2D eigenvalue weighted by molar-refractivity contribution is 0.157. The Labute approximate surface area is 110 Å². The summed E-state index contributed by atoms with van der Waals surface area (Å²) in [6.07, 6.45) is 17.1. The fraction of sp³-hybridized carbons (Fsp3) is 0.867. The molecule has 1 nitrogen and oxygen atoms in total. The number of hydrogen-bond acceptors (Lipinski definition) is 2. The van der Waals surface area contributed by atoms with Gasteiger partial charge < -0.3 is 5.32 Å². The highest BCUT2D eigenvalue weighted by Crippen LogP contribution is 2.44. The minimum atomic E-state index is 0.561. The van der Waals surface area contributed by atoms with Crippen molar-refractivity contribution < 1.29 is 0 Å². The normalized spacial score (nSPS) is 38.8. The zero-order valence-corrected chi connectivity index (χ0v) is 11.8. The second kappa shape index (κ2) is 4.97. The van der Waals surface area contributed by atoms with Crippen LogP contribution in [0.5, 0.6) is 0 Å². The first-order valence-corrected chi connectivity index (χ1v) is 8.51. The fourth-order valence-corrected chi connectivity index (χ4v) is 4.84. The molecule has 0 radical (unpaired) electrons. The third-order valence-corrected chi connectivity index (χ3v) is 6.67.